The molecule has 1 atom stereocenters. The molecule has 0 saturated heterocycles. The zero-order chi connectivity index (χ0) is 25.5. The Kier molecular flexibility index (Phi) is 7.79. The minimum atomic E-state index is -1.22. The Morgan fingerprint density at radius 2 is 1.78 bits per heavy atom. The maximum Gasteiger partial charge on any atom is 0.326 e. The SMILES string of the molecule is CCOC(=O)C(N)(Cc1ccccc1)Cc1ccc2c(C(=O)NCc3ccc(C#N)s3)cccc2c1. The van der Waals surface area contributed by atoms with Gasteiger partial charge in [-0.1, -0.05) is 60.7 Å². The highest BCUT2D eigenvalue weighted by Gasteiger charge is 2.36. The number of hydrogen-bond acceptors (Lipinski definition) is 6. The Morgan fingerprint density at radius 1 is 1.00 bits per heavy atom. The van der Waals surface area contributed by atoms with Gasteiger partial charge in [-0.15, -0.1) is 11.3 Å². The maximum atomic E-state index is 12.9. The Bertz CT molecular complexity index is 1420. The van der Waals surface area contributed by atoms with Gasteiger partial charge in [-0.2, -0.15) is 5.26 Å². The molecule has 0 bridgehead atoms. The molecule has 0 fully saturated rings. The summed E-state index contributed by atoms with van der Waals surface area (Å²) in [6.45, 7) is 2.38. The number of benzene rings is 3. The minimum Gasteiger partial charge on any atom is -0.465 e. The molecule has 4 aromatic rings. The molecule has 0 saturated carbocycles. The van der Waals surface area contributed by atoms with Crippen LogP contribution in [-0.4, -0.2) is 24.0 Å². The first-order valence-electron chi connectivity index (χ1n) is 11.7. The van der Waals surface area contributed by atoms with Crippen molar-refractivity contribution in [2.45, 2.75) is 31.8 Å². The number of amides is 1. The largest absolute Gasteiger partial charge is 0.465 e. The van der Waals surface area contributed by atoms with E-state index >= 15 is 0 Å². The summed E-state index contributed by atoms with van der Waals surface area (Å²) >= 11 is 1.36. The quantitative estimate of drug-likeness (QED) is 0.325. The zero-order valence-corrected chi connectivity index (χ0v) is 20.8. The Hall–Kier alpha value is -3.99. The molecule has 0 aliphatic heterocycles. The highest BCUT2D eigenvalue weighted by Crippen LogP contribution is 2.25. The number of hydrogen-bond donors (Lipinski definition) is 2. The average molecular weight is 498 g/mol. The number of nitriles is 1. The smallest absolute Gasteiger partial charge is 0.326 e. The van der Waals surface area contributed by atoms with Crippen molar-refractivity contribution in [3.8, 4) is 6.07 Å². The van der Waals surface area contributed by atoms with E-state index in [4.69, 9.17) is 15.7 Å². The fourth-order valence-electron chi connectivity index (χ4n) is 4.24. The van der Waals surface area contributed by atoms with E-state index in [1.54, 1.807) is 19.1 Å². The molecule has 0 aliphatic carbocycles. The maximum absolute atomic E-state index is 12.9. The van der Waals surface area contributed by atoms with Crippen LogP contribution in [0.25, 0.3) is 10.8 Å². The van der Waals surface area contributed by atoms with Gasteiger partial charge < -0.3 is 15.8 Å². The first-order valence-corrected chi connectivity index (χ1v) is 12.5. The highest BCUT2D eigenvalue weighted by atomic mass is 32.1. The summed E-state index contributed by atoms with van der Waals surface area (Å²) in [5.41, 5.74) is 7.85. The number of nitrogens with zero attached hydrogens (tertiary/aromatic N) is 1. The van der Waals surface area contributed by atoms with Crippen molar-refractivity contribution in [2.75, 3.05) is 6.61 Å². The monoisotopic (exact) mass is 497 g/mol. The lowest BCUT2D eigenvalue weighted by Gasteiger charge is -2.27. The third kappa shape index (κ3) is 5.80. The molecule has 3 aromatic carbocycles. The Balaban J connectivity index is 1.56. The number of rotatable bonds is 9. The minimum absolute atomic E-state index is 0.191. The molecule has 1 heterocycles. The second-order valence-electron chi connectivity index (χ2n) is 8.64. The van der Waals surface area contributed by atoms with Gasteiger partial charge in [0.1, 0.15) is 16.5 Å². The van der Waals surface area contributed by atoms with Gasteiger partial charge in [0.05, 0.1) is 13.2 Å². The van der Waals surface area contributed by atoms with E-state index in [0.717, 1.165) is 26.8 Å². The molecule has 7 heteroatoms. The number of fused-ring (bicyclic) bond motifs is 1. The fourth-order valence-corrected chi connectivity index (χ4v) is 4.99. The van der Waals surface area contributed by atoms with Crippen LogP contribution in [0.1, 0.15) is 38.2 Å². The second kappa shape index (κ2) is 11.2. The lowest BCUT2D eigenvalue weighted by atomic mass is 9.85. The van der Waals surface area contributed by atoms with Gasteiger partial charge in [0.25, 0.3) is 5.91 Å². The summed E-state index contributed by atoms with van der Waals surface area (Å²) in [5, 5.41) is 13.6. The molecular formula is C29H27N3O3S. The summed E-state index contributed by atoms with van der Waals surface area (Å²) in [7, 11) is 0. The lowest BCUT2D eigenvalue weighted by molar-refractivity contribution is -0.149. The van der Waals surface area contributed by atoms with Gasteiger partial charge in [0.2, 0.25) is 0 Å². The topological polar surface area (TPSA) is 105 Å². The number of carbonyl (C=O) groups excluding carboxylic acids is 2. The van der Waals surface area contributed by atoms with E-state index in [1.165, 1.54) is 11.3 Å². The number of thiophene rings is 1. The predicted molar refractivity (Wildman–Crippen MR) is 142 cm³/mol. The van der Waals surface area contributed by atoms with Gasteiger partial charge in [-0.3, -0.25) is 9.59 Å². The van der Waals surface area contributed by atoms with Crippen LogP contribution < -0.4 is 11.1 Å². The van der Waals surface area contributed by atoms with E-state index in [-0.39, 0.29) is 12.5 Å². The Morgan fingerprint density at radius 3 is 2.50 bits per heavy atom. The average Bonchev–Trinajstić information content (AvgIpc) is 3.35. The number of ether oxygens (including phenoxy) is 1. The molecule has 6 nitrogen and oxygen atoms in total. The second-order valence-corrected chi connectivity index (χ2v) is 9.81. The molecule has 1 aromatic heterocycles. The van der Waals surface area contributed by atoms with Crippen molar-refractivity contribution in [3.05, 3.63) is 105 Å². The molecule has 182 valence electrons. The molecule has 1 unspecified atom stereocenters. The molecule has 36 heavy (non-hydrogen) atoms. The van der Waals surface area contributed by atoms with Gasteiger partial charge in [0, 0.05) is 23.3 Å². The van der Waals surface area contributed by atoms with Crippen molar-refractivity contribution < 1.29 is 14.3 Å². The molecule has 4 rings (SSSR count). The Labute approximate surface area is 214 Å². The van der Waals surface area contributed by atoms with Crippen LogP contribution in [0.15, 0.2) is 78.9 Å². The summed E-state index contributed by atoms with van der Waals surface area (Å²) in [6.07, 6.45) is 0.649. The van der Waals surface area contributed by atoms with Crippen molar-refractivity contribution >= 4 is 34.0 Å². The number of nitrogens with two attached hydrogens (primary N) is 1. The predicted octanol–water partition coefficient (Wildman–Crippen LogP) is 4.75. The van der Waals surface area contributed by atoms with Crippen LogP contribution in [0.2, 0.25) is 0 Å². The zero-order valence-electron chi connectivity index (χ0n) is 20.0. The van der Waals surface area contributed by atoms with Gasteiger partial charge in [-0.25, -0.2) is 0 Å². The summed E-state index contributed by atoms with van der Waals surface area (Å²) < 4.78 is 5.33. The van der Waals surface area contributed by atoms with Gasteiger partial charge in [-0.05, 0) is 47.0 Å². The van der Waals surface area contributed by atoms with Crippen molar-refractivity contribution in [2.24, 2.45) is 5.73 Å². The van der Waals surface area contributed by atoms with E-state index in [9.17, 15) is 9.59 Å². The fraction of sp³-hybridized carbons (Fsp3) is 0.207. The van der Waals surface area contributed by atoms with Crippen molar-refractivity contribution in [1.82, 2.24) is 5.32 Å². The first kappa shape index (κ1) is 25.1. The summed E-state index contributed by atoms with van der Waals surface area (Å²) in [6, 6.07) is 26.7. The molecule has 0 aliphatic rings. The summed E-state index contributed by atoms with van der Waals surface area (Å²) in [5.74, 6) is -0.626. The van der Waals surface area contributed by atoms with Crippen LogP contribution in [0, 0.1) is 11.3 Å². The molecule has 3 N–H and O–H groups in total. The normalized spacial score (nSPS) is 12.5. The third-order valence-corrected chi connectivity index (χ3v) is 6.94. The number of nitrogens with one attached hydrogen (secondary N) is 1. The van der Waals surface area contributed by atoms with Crippen LogP contribution >= 0.6 is 11.3 Å². The van der Waals surface area contributed by atoms with E-state index < -0.39 is 11.5 Å². The van der Waals surface area contributed by atoms with E-state index in [0.29, 0.717) is 29.8 Å². The van der Waals surface area contributed by atoms with Crippen LogP contribution in [0.4, 0.5) is 0 Å². The molecule has 1 amide bonds. The van der Waals surface area contributed by atoms with Crippen LogP contribution in [0.5, 0.6) is 0 Å². The molecule has 0 spiro atoms. The number of carbonyl (C=O) groups is 2. The molecular weight excluding hydrogens is 470 g/mol. The third-order valence-electron chi connectivity index (χ3n) is 5.95. The van der Waals surface area contributed by atoms with Crippen molar-refractivity contribution in [3.63, 3.8) is 0 Å². The number of esters is 1. The van der Waals surface area contributed by atoms with Gasteiger partial charge in [0.15, 0.2) is 0 Å². The van der Waals surface area contributed by atoms with E-state index in [2.05, 4.69) is 11.4 Å². The highest BCUT2D eigenvalue weighted by molar-refractivity contribution is 7.12. The standard InChI is InChI=1S/C29H27N3O3S/c1-2-35-28(34)29(31,16-20-7-4-3-5-8-20)17-21-11-14-25-22(15-21)9-6-10-26(25)27(33)32-19-24-13-12-23(18-30)36-24/h3-15H,2,16-17,19,31H2,1H3,(H,32,33). The lowest BCUT2D eigenvalue weighted by Crippen LogP contribution is -2.52. The first-order chi connectivity index (χ1) is 17.4. The molecule has 0 radical (unpaired) electrons. The van der Waals surface area contributed by atoms with Crippen LogP contribution in [0.3, 0.4) is 0 Å². The van der Waals surface area contributed by atoms with Gasteiger partial charge >= 0.3 is 5.97 Å². The van der Waals surface area contributed by atoms with Crippen molar-refractivity contribution in [1.29, 1.82) is 5.26 Å². The summed E-state index contributed by atoms with van der Waals surface area (Å²) in [4.78, 5) is 27.3. The van der Waals surface area contributed by atoms with Crippen LogP contribution in [-0.2, 0) is 28.9 Å². The van der Waals surface area contributed by atoms with E-state index in [1.807, 2.05) is 66.7 Å².